The lowest BCUT2D eigenvalue weighted by atomic mass is 10.0. The van der Waals surface area contributed by atoms with Gasteiger partial charge in [0.15, 0.2) is 5.65 Å². The predicted molar refractivity (Wildman–Crippen MR) is 150 cm³/mol. The molecule has 0 spiro atoms. The van der Waals surface area contributed by atoms with E-state index < -0.39 is 0 Å². The SMILES string of the molecule is COc1cc(N2CCN(C)CC2)ccc1Nc1nc2ccc(-c3ccc(CC(=O)CC4CC4)cc3)cn2n1. The first-order chi connectivity index (χ1) is 18.5. The molecule has 8 nitrogen and oxygen atoms in total. The average molecular weight is 511 g/mol. The van der Waals surface area contributed by atoms with Crippen molar-refractivity contribution in [1.29, 1.82) is 0 Å². The molecule has 0 bridgehead atoms. The molecule has 8 heteroatoms. The fourth-order valence-electron chi connectivity index (χ4n) is 5.03. The Bertz CT molecular complexity index is 1440. The molecule has 0 unspecified atom stereocenters. The minimum absolute atomic E-state index is 0.343. The van der Waals surface area contributed by atoms with Gasteiger partial charge in [0.05, 0.1) is 12.8 Å². The Morgan fingerprint density at radius 1 is 1.00 bits per heavy atom. The third-order valence-corrected chi connectivity index (χ3v) is 7.53. The van der Waals surface area contributed by atoms with Crippen LogP contribution in [0.5, 0.6) is 5.75 Å². The van der Waals surface area contributed by atoms with E-state index in [4.69, 9.17) is 4.74 Å². The van der Waals surface area contributed by atoms with Crippen LogP contribution in [0.3, 0.4) is 0 Å². The van der Waals surface area contributed by atoms with Gasteiger partial charge in [0.25, 0.3) is 0 Å². The molecule has 1 aliphatic heterocycles. The summed E-state index contributed by atoms with van der Waals surface area (Å²) in [6.07, 6.45) is 5.66. The topological polar surface area (TPSA) is 75.0 Å². The predicted octanol–water partition coefficient (Wildman–Crippen LogP) is 4.81. The number of piperazine rings is 1. The van der Waals surface area contributed by atoms with E-state index in [9.17, 15) is 4.79 Å². The standard InChI is InChI=1S/C30H34N6O2/c1-34-13-15-35(16-14-34)25-10-11-27(28(19-25)38-2)31-30-32-29-12-9-24(20-36(29)33-30)23-7-5-22(6-8-23)18-26(37)17-21-3-4-21/h5-12,19-21H,3-4,13-18H2,1-2H3,(H,31,33). The number of pyridine rings is 1. The number of rotatable bonds is 9. The van der Waals surface area contributed by atoms with Crippen LogP contribution in [0.15, 0.2) is 60.8 Å². The number of hydrogen-bond acceptors (Lipinski definition) is 7. The fraction of sp³-hybridized carbons (Fsp3) is 0.367. The van der Waals surface area contributed by atoms with Crippen molar-refractivity contribution < 1.29 is 9.53 Å². The molecule has 4 aromatic rings. The number of Topliss-reactive ketones (excluding diaryl/α,β-unsaturated/α-hetero) is 1. The summed E-state index contributed by atoms with van der Waals surface area (Å²) in [5, 5.41) is 7.98. The second-order valence-electron chi connectivity index (χ2n) is 10.5. The second kappa shape index (κ2) is 10.5. The van der Waals surface area contributed by atoms with Crippen molar-refractivity contribution in [3.63, 3.8) is 0 Å². The Morgan fingerprint density at radius 2 is 1.76 bits per heavy atom. The van der Waals surface area contributed by atoms with Gasteiger partial charge in [-0.05, 0) is 61.2 Å². The number of hydrogen-bond donors (Lipinski definition) is 1. The quantitative estimate of drug-likeness (QED) is 0.346. The van der Waals surface area contributed by atoms with Crippen molar-refractivity contribution in [2.24, 2.45) is 5.92 Å². The Kier molecular flexibility index (Phi) is 6.72. The van der Waals surface area contributed by atoms with Crippen molar-refractivity contribution in [3.8, 4) is 16.9 Å². The molecule has 2 aromatic heterocycles. The smallest absolute Gasteiger partial charge is 0.247 e. The number of benzene rings is 2. The minimum atomic E-state index is 0.343. The second-order valence-corrected chi connectivity index (χ2v) is 10.5. The molecule has 196 valence electrons. The number of ketones is 1. The van der Waals surface area contributed by atoms with Gasteiger partial charge in [0.2, 0.25) is 5.95 Å². The van der Waals surface area contributed by atoms with E-state index in [1.807, 2.05) is 24.4 Å². The highest BCUT2D eigenvalue weighted by Crippen LogP contribution is 2.33. The van der Waals surface area contributed by atoms with Crippen molar-refractivity contribution in [1.82, 2.24) is 19.5 Å². The summed E-state index contributed by atoms with van der Waals surface area (Å²) < 4.78 is 7.48. The minimum Gasteiger partial charge on any atom is -0.494 e. The van der Waals surface area contributed by atoms with E-state index in [2.05, 4.69) is 68.6 Å². The lowest BCUT2D eigenvalue weighted by Crippen LogP contribution is -2.44. The molecule has 1 saturated carbocycles. The molecular formula is C30H34N6O2. The van der Waals surface area contributed by atoms with Gasteiger partial charge in [-0.2, -0.15) is 4.98 Å². The zero-order chi connectivity index (χ0) is 26.1. The summed E-state index contributed by atoms with van der Waals surface area (Å²) >= 11 is 0. The molecule has 1 aliphatic carbocycles. The van der Waals surface area contributed by atoms with Crippen LogP contribution in [0.4, 0.5) is 17.3 Å². The maximum Gasteiger partial charge on any atom is 0.247 e. The first kappa shape index (κ1) is 24.4. The summed E-state index contributed by atoms with van der Waals surface area (Å²) in [4.78, 5) is 21.6. The van der Waals surface area contributed by atoms with Gasteiger partial charge >= 0.3 is 0 Å². The monoisotopic (exact) mass is 510 g/mol. The maximum absolute atomic E-state index is 12.2. The van der Waals surface area contributed by atoms with Gasteiger partial charge < -0.3 is 19.9 Å². The normalized spacial score (nSPS) is 16.1. The van der Waals surface area contributed by atoms with Crippen LogP contribution in [-0.4, -0.2) is 65.6 Å². The zero-order valence-electron chi connectivity index (χ0n) is 22.1. The Hall–Kier alpha value is -3.91. The molecule has 3 heterocycles. The van der Waals surface area contributed by atoms with E-state index in [0.717, 1.165) is 72.1 Å². The summed E-state index contributed by atoms with van der Waals surface area (Å²) in [6.45, 7) is 4.12. The number of likely N-dealkylation sites (N-methyl/N-ethyl adjacent to an activating group) is 1. The number of aromatic nitrogens is 3. The van der Waals surface area contributed by atoms with Gasteiger partial charge in [-0.3, -0.25) is 4.79 Å². The Morgan fingerprint density at radius 3 is 2.50 bits per heavy atom. The zero-order valence-corrected chi connectivity index (χ0v) is 22.1. The number of carbonyl (C=O) groups excluding carboxylic acids is 1. The highest BCUT2D eigenvalue weighted by atomic mass is 16.5. The third kappa shape index (κ3) is 5.50. The van der Waals surface area contributed by atoms with Crippen molar-refractivity contribution in [2.75, 3.05) is 50.6 Å². The van der Waals surface area contributed by atoms with Crippen molar-refractivity contribution >= 4 is 28.8 Å². The van der Waals surface area contributed by atoms with E-state index in [-0.39, 0.29) is 0 Å². The van der Waals surface area contributed by atoms with Crippen molar-refractivity contribution in [2.45, 2.75) is 25.7 Å². The number of carbonyl (C=O) groups is 1. The number of fused-ring (bicyclic) bond motifs is 1. The van der Waals surface area contributed by atoms with Crippen LogP contribution in [0.25, 0.3) is 16.8 Å². The molecule has 1 saturated heterocycles. The molecule has 38 heavy (non-hydrogen) atoms. The third-order valence-electron chi connectivity index (χ3n) is 7.53. The highest BCUT2D eigenvalue weighted by Gasteiger charge is 2.24. The van der Waals surface area contributed by atoms with Gasteiger partial charge in [-0.1, -0.05) is 24.3 Å². The lowest BCUT2D eigenvalue weighted by Gasteiger charge is -2.34. The highest BCUT2D eigenvalue weighted by molar-refractivity contribution is 5.81. The van der Waals surface area contributed by atoms with E-state index in [0.29, 0.717) is 24.1 Å². The van der Waals surface area contributed by atoms with Crippen LogP contribution in [-0.2, 0) is 11.2 Å². The largest absolute Gasteiger partial charge is 0.494 e. The number of nitrogens with one attached hydrogen (secondary N) is 1. The summed E-state index contributed by atoms with van der Waals surface area (Å²) in [6, 6.07) is 18.5. The maximum atomic E-state index is 12.2. The van der Waals surface area contributed by atoms with Gasteiger partial charge in [0, 0.05) is 62.5 Å². The van der Waals surface area contributed by atoms with E-state index >= 15 is 0 Å². The molecule has 0 radical (unpaired) electrons. The van der Waals surface area contributed by atoms with Crippen LogP contribution in [0.1, 0.15) is 24.8 Å². The molecule has 1 N–H and O–H groups in total. The molecule has 2 aromatic carbocycles. The van der Waals surface area contributed by atoms with Crippen molar-refractivity contribution in [3.05, 3.63) is 66.4 Å². The Labute approximate surface area is 223 Å². The van der Waals surface area contributed by atoms with Crippen LogP contribution >= 0.6 is 0 Å². The number of ether oxygens (including phenoxy) is 1. The first-order valence-corrected chi connectivity index (χ1v) is 13.4. The number of anilines is 3. The van der Waals surface area contributed by atoms with Crippen LogP contribution in [0, 0.1) is 5.92 Å². The van der Waals surface area contributed by atoms with Gasteiger partial charge in [0.1, 0.15) is 11.5 Å². The molecule has 0 amide bonds. The summed E-state index contributed by atoms with van der Waals surface area (Å²) in [5.74, 6) is 2.25. The lowest BCUT2D eigenvalue weighted by molar-refractivity contribution is -0.118. The van der Waals surface area contributed by atoms with Crippen LogP contribution in [0.2, 0.25) is 0 Å². The molecule has 2 fully saturated rings. The van der Waals surface area contributed by atoms with Crippen LogP contribution < -0.4 is 15.0 Å². The van der Waals surface area contributed by atoms with Gasteiger partial charge in [-0.15, -0.1) is 5.10 Å². The number of methoxy groups -OCH3 is 1. The average Bonchev–Trinajstić information content (AvgIpc) is 3.65. The molecule has 0 atom stereocenters. The summed E-state index contributed by atoms with van der Waals surface area (Å²) in [7, 11) is 3.85. The molecular weight excluding hydrogens is 476 g/mol. The van der Waals surface area contributed by atoms with E-state index in [1.54, 1.807) is 11.6 Å². The molecule has 6 rings (SSSR count). The van der Waals surface area contributed by atoms with Gasteiger partial charge in [-0.25, -0.2) is 4.52 Å². The summed E-state index contributed by atoms with van der Waals surface area (Å²) in [5.41, 5.74) is 5.93. The molecule has 2 aliphatic rings. The first-order valence-electron chi connectivity index (χ1n) is 13.4. The number of nitrogens with zero attached hydrogens (tertiary/aromatic N) is 5. The Balaban J connectivity index is 1.16. The van der Waals surface area contributed by atoms with E-state index in [1.165, 1.54) is 12.8 Å². The fourth-order valence-corrected chi connectivity index (χ4v) is 5.03.